The van der Waals surface area contributed by atoms with Gasteiger partial charge in [-0.1, -0.05) is 29.8 Å². The maximum atomic E-state index is 6.05. The molecule has 88 valence electrons. The van der Waals surface area contributed by atoms with Gasteiger partial charge < -0.3 is 0 Å². The van der Waals surface area contributed by atoms with E-state index in [1.165, 1.54) is 6.33 Å². The molecular weight excluding hydrogens is 246 g/mol. The second kappa shape index (κ2) is 4.35. The second-order valence-corrected chi connectivity index (χ2v) is 4.40. The molecule has 3 nitrogen and oxygen atoms in total. The van der Waals surface area contributed by atoms with Gasteiger partial charge in [-0.2, -0.15) is 0 Å². The largest absolute Gasteiger partial charge is 0.264 e. The van der Waals surface area contributed by atoms with Gasteiger partial charge >= 0.3 is 0 Å². The highest BCUT2D eigenvalue weighted by Crippen LogP contribution is 2.30. The highest BCUT2D eigenvalue weighted by atomic mass is 35.5. The van der Waals surface area contributed by atoms with E-state index in [1.54, 1.807) is 6.20 Å². The average molecular weight is 256 g/mol. The Kier molecular flexibility index (Phi) is 2.68. The van der Waals surface area contributed by atoms with Crippen LogP contribution in [-0.4, -0.2) is 15.0 Å². The van der Waals surface area contributed by atoms with Gasteiger partial charge in [0.1, 0.15) is 11.5 Å². The number of benzene rings is 1. The molecule has 1 aromatic carbocycles. The summed E-state index contributed by atoms with van der Waals surface area (Å²) in [4.78, 5) is 12.5. The van der Waals surface area contributed by atoms with Crippen LogP contribution >= 0.6 is 11.6 Å². The first-order valence-corrected chi connectivity index (χ1v) is 5.95. The predicted molar refractivity (Wildman–Crippen MR) is 72.5 cm³/mol. The summed E-state index contributed by atoms with van der Waals surface area (Å²) in [5.41, 5.74) is 2.77. The number of nitrogens with zero attached hydrogens (tertiary/aromatic N) is 3. The van der Waals surface area contributed by atoms with E-state index in [9.17, 15) is 0 Å². The molecule has 18 heavy (non-hydrogen) atoms. The predicted octanol–water partition coefficient (Wildman–Crippen LogP) is 3.65. The van der Waals surface area contributed by atoms with Crippen molar-refractivity contribution in [3.05, 3.63) is 53.7 Å². The first kappa shape index (κ1) is 11.1. The van der Waals surface area contributed by atoms with E-state index >= 15 is 0 Å². The van der Waals surface area contributed by atoms with Gasteiger partial charge in [-0.25, -0.2) is 9.97 Å². The van der Waals surface area contributed by atoms with Crippen LogP contribution in [0.4, 0.5) is 0 Å². The van der Waals surface area contributed by atoms with Crippen LogP contribution < -0.4 is 0 Å². The second-order valence-electron chi connectivity index (χ2n) is 4.04. The Bertz CT molecular complexity index is 720. The molecule has 2 aromatic heterocycles. The average Bonchev–Trinajstić information content (AvgIpc) is 2.41. The highest BCUT2D eigenvalue weighted by molar-refractivity contribution is 6.30. The van der Waals surface area contributed by atoms with Gasteiger partial charge in [-0.15, -0.1) is 0 Å². The minimum absolute atomic E-state index is 0.487. The number of rotatable bonds is 1. The van der Waals surface area contributed by atoms with E-state index in [0.717, 1.165) is 27.6 Å². The van der Waals surface area contributed by atoms with Crippen molar-refractivity contribution in [2.24, 2.45) is 0 Å². The third kappa shape index (κ3) is 1.73. The lowest BCUT2D eigenvalue weighted by atomic mass is 10.0. The summed E-state index contributed by atoms with van der Waals surface area (Å²) >= 11 is 6.05. The van der Waals surface area contributed by atoms with E-state index in [-0.39, 0.29) is 0 Å². The summed E-state index contributed by atoms with van der Waals surface area (Å²) in [6.07, 6.45) is 5.12. The van der Waals surface area contributed by atoms with Crippen molar-refractivity contribution in [1.29, 1.82) is 0 Å². The third-order valence-electron chi connectivity index (χ3n) is 2.96. The van der Waals surface area contributed by atoms with Crippen LogP contribution in [0.3, 0.4) is 0 Å². The molecule has 4 heteroatoms. The highest BCUT2D eigenvalue weighted by Gasteiger charge is 2.10. The number of halogens is 1. The summed E-state index contributed by atoms with van der Waals surface area (Å²) in [6, 6.07) is 8.07. The molecule has 3 aromatic rings. The summed E-state index contributed by atoms with van der Waals surface area (Å²) < 4.78 is 0. The summed E-state index contributed by atoms with van der Waals surface area (Å²) in [5, 5.41) is 2.69. The fourth-order valence-corrected chi connectivity index (χ4v) is 2.15. The van der Waals surface area contributed by atoms with Crippen LogP contribution in [0.1, 0.15) is 5.56 Å². The number of hydrogen-bond donors (Lipinski definition) is 0. The lowest BCUT2D eigenvalue weighted by Gasteiger charge is -2.08. The van der Waals surface area contributed by atoms with Crippen molar-refractivity contribution < 1.29 is 0 Å². The van der Waals surface area contributed by atoms with Crippen LogP contribution in [0.25, 0.3) is 22.0 Å². The Morgan fingerprint density at radius 3 is 2.89 bits per heavy atom. The summed E-state index contributed by atoms with van der Waals surface area (Å²) in [5.74, 6) is 0. The van der Waals surface area contributed by atoms with E-state index in [0.29, 0.717) is 5.15 Å². The SMILES string of the molecule is Cc1c(Cl)ncnc1-c1cccc2ccncc12. The van der Waals surface area contributed by atoms with E-state index < -0.39 is 0 Å². The number of hydrogen-bond acceptors (Lipinski definition) is 3. The van der Waals surface area contributed by atoms with Gasteiger partial charge in [0, 0.05) is 28.9 Å². The van der Waals surface area contributed by atoms with Crippen LogP contribution in [0.15, 0.2) is 43.0 Å². The molecule has 0 saturated carbocycles. The van der Waals surface area contributed by atoms with Gasteiger partial charge in [-0.3, -0.25) is 4.98 Å². The van der Waals surface area contributed by atoms with Crippen molar-refractivity contribution in [2.45, 2.75) is 6.92 Å². The third-order valence-corrected chi connectivity index (χ3v) is 3.34. The lowest BCUT2D eigenvalue weighted by molar-refractivity contribution is 1.14. The number of aromatic nitrogens is 3. The van der Waals surface area contributed by atoms with E-state index in [2.05, 4.69) is 21.0 Å². The Morgan fingerprint density at radius 2 is 2.00 bits per heavy atom. The maximum Gasteiger partial charge on any atom is 0.135 e. The zero-order valence-electron chi connectivity index (χ0n) is 9.76. The molecule has 0 bridgehead atoms. The minimum atomic E-state index is 0.487. The quantitative estimate of drug-likeness (QED) is 0.623. The topological polar surface area (TPSA) is 38.7 Å². The zero-order valence-corrected chi connectivity index (χ0v) is 10.5. The fraction of sp³-hybridized carbons (Fsp3) is 0.0714. The molecular formula is C14H10ClN3. The van der Waals surface area contributed by atoms with Crippen molar-refractivity contribution in [3.8, 4) is 11.3 Å². The molecule has 0 saturated heterocycles. The molecule has 3 rings (SSSR count). The normalized spacial score (nSPS) is 10.8. The fourth-order valence-electron chi connectivity index (χ4n) is 2.02. The summed E-state index contributed by atoms with van der Waals surface area (Å²) in [7, 11) is 0. The van der Waals surface area contributed by atoms with Crippen molar-refractivity contribution >= 4 is 22.4 Å². The van der Waals surface area contributed by atoms with Crippen LogP contribution in [0.5, 0.6) is 0 Å². The Labute approximate surface area is 109 Å². The Balaban J connectivity index is 2.35. The van der Waals surface area contributed by atoms with Gasteiger partial charge in [0.2, 0.25) is 0 Å². The number of pyridine rings is 1. The molecule has 0 unspecified atom stereocenters. The van der Waals surface area contributed by atoms with Gasteiger partial charge in [0.05, 0.1) is 5.69 Å². The van der Waals surface area contributed by atoms with E-state index in [4.69, 9.17) is 11.6 Å². The van der Waals surface area contributed by atoms with Crippen molar-refractivity contribution in [2.75, 3.05) is 0 Å². The zero-order chi connectivity index (χ0) is 12.5. The van der Waals surface area contributed by atoms with Crippen LogP contribution in [-0.2, 0) is 0 Å². The molecule has 0 spiro atoms. The monoisotopic (exact) mass is 255 g/mol. The standard InChI is InChI=1S/C14H10ClN3/c1-9-13(17-8-18-14(9)15)11-4-2-3-10-5-6-16-7-12(10)11/h2-8H,1H3. The molecule has 0 fully saturated rings. The van der Waals surface area contributed by atoms with Crippen LogP contribution in [0.2, 0.25) is 5.15 Å². The summed E-state index contributed by atoms with van der Waals surface area (Å²) in [6.45, 7) is 1.92. The molecule has 0 radical (unpaired) electrons. The van der Waals surface area contributed by atoms with Crippen molar-refractivity contribution in [3.63, 3.8) is 0 Å². The molecule has 0 aliphatic carbocycles. The first-order chi connectivity index (χ1) is 8.77. The molecule has 0 aliphatic rings. The Morgan fingerprint density at radius 1 is 1.11 bits per heavy atom. The minimum Gasteiger partial charge on any atom is -0.264 e. The van der Waals surface area contributed by atoms with Crippen molar-refractivity contribution in [1.82, 2.24) is 15.0 Å². The molecule has 0 atom stereocenters. The van der Waals surface area contributed by atoms with Gasteiger partial charge in [0.15, 0.2) is 0 Å². The molecule has 0 aliphatic heterocycles. The molecule has 0 N–H and O–H groups in total. The molecule has 0 amide bonds. The number of fused-ring (bicyclic) bond motifs is 1. The first-order valence-electron chi connectivity index (χ1n) is 5.57. The van der Waals surface area contributed by atoms with Gasteiger partial charge in [-0.05, 0) is 18.4 Å². The smallest absolute Gasteiger partial charge is 0.135 e. The maximum absolute atomic E-state index is 6.05. The van der Waals surface area contributed by atoms with E-state index in [1.807, 2.05) is 31.3 Å². The Hall–Kier alpha value is -2.00. The van der Waals surface area contributed by atoms with Crippen LogP contribution in [0, 0.1) is 6.92 Å². The molecule has 2 heterocycles. The lowest BCUT2D eigenvalue weighted by Crippen LogP contribution is -1.92. The van der Waals surface area contributed by atoms with Gasteiger partial charge in [0.25, 0.3) is 0 Å².